The zero-order valence-electron chi connectivity index (χ0n) is 15.1. The number of methoxy groups -OCH3 is 1. The molecule has 7 nitrogen and oxygen atoms in total. The molecule has 1 fully saturated rings. The molecule has 140 valence electrons. The number of ether oxygens (including phenoxy) is 2. The van der Waals surface area contributed by atoms with Crippen LogP contribution in [0, 0.1) is 0 Å². The molecule has 1 saturated heterocycles. The zero-order valence-corrected chi connectivity index (χ0v) is 15.1. The van der Waals surface area contributed by atoms with Crippen LogP contribution in [0.4, 0.5) is 4.79 Å². The molecule has 2 heterocycles. The van der Waals surface area contributed by atoms with E-state index in [4.69, 9.17) is 13.9 Å². The van der Waals surface area contributed by atoms with Gasteiger partial charge in [-0.25, -0.2) is 4.79 Å². The van der Waals surface area contributed by atoms with Gasteiger partial charge in [-0.1, -0.05) is 0 Å². The molecule has 0 saturated carbocycles. The summed E-state index contributed by atoms with van der Waals surface area (Å²) < 4.78 is 15.7. The number of amides is 2. The fourth-order valence-electron chi connectivity index (χ4n) is 3.20. The highest BCUT2D eigenvalue weighted by Crippen LogP contribution is 2.26. The zero-order chi connectivity index (χ0) is 18.5. The Balaban J connectivity index is 1.53. The highest BCUT2D eigenvalue weighted by molar-refractivity contribution is 5.88. The van der Waals surface area contributed by atoms with Crippen molar-refractivity contribution in [3.8, 4) is 5.75 Å². The summed E-state index contributed by atoms with van der Waals surface area (Å²) in [4.78, 5) is 25.8. The van der Waals surface area contributed by atoms with E-state index in [2.05, 4.69) is 5.32 Å². The molecular weight excluding hydrogens is 336 g/mol. The van der Waals surface area contributed by atoms with E-state index in [1.54, 1.807) is 25.2 Å². The third-order valence-corrected chi connectivity index (χ3v) is 4.60. The normalized spacial score (nSPS) is 15.1. The largest absolute Gasteiger partial charge is 0.497 e. The Bertz CT molecular complexity index is 777. The molecule has 1 N–H and O–H groups in total. The average molecular weight is 360 g/mol. The smallest absolute Gasteiger partial charge is 0.409 e. The SMILES string of the molecule is CCOC(=O)N1CCC(NC(=O)Cc2coc3cc(OC)ccc23)CC1. The molecule has 26 heavy (non-hydrogen) atoms. The quantitative estimate of drug-likeness (QED) is 0.887. The number of nitrogens with one attached hydrogen (secondary N) is 1. The van der Waals surface area contributed by atoms with E-state index >= 15 is 0 Å². The van der Waals surface area contributed by atoms with Crippen LogP contribution in [-0.2, 0) is 16.0 Å². The fourth-order valence-corrected chi connectivity index (χ4v) is 3.20. The summed E-state index contributed by atoms with van der Waals surface area (Å²) in [5.74, 6) is 0.675. The Morgan fingerprint density at radius 3 is 2.77 bits per heavy atom. The van der Waals surface area contributed by atoms with Gasteiger partial charge in [-0.2, -0.15) is 0 Å². The van der Waals surface area contributed by atoms with Crippen LogP contribution in [0.2, 0.25) is 0 Å². The highest BCUT2D eigenvalue weighted by atomic mass is 16.6. The van der Waals surface area contributed by atoms with Gasteiger partial charge in [0.15, 0.2) is 0 Å². The van der Waals surface area contributed by atoms with Gasteiger partial charge in [-0.05, 0) is 31.9 Å². The fraction of sp³-hybridized carbons (Fsp3) is 0.474. The lowest BCUT2D eigenvalue weighted by molar-refractivity contribution is -0.121. The summed E-state index contributed by atoms with van der Waals surface area (Å²) in [5.41, 5.74) is 1.55. The first-order valence-corrected chi connectivity index (χ1v) is 8.86. The van der Waals surface area contributed by atoms with Crippen molar-refractivity contribution in [3.63, 3.8) is 0 Å². The van der Waals surface area contributed by atoms with Gasteiger partial charge in [0.1, 0.15) is 11.3 Å². The number of carbonyl (C=O) groups is 2. The predicted octanol–water partition coefficient (Wildman–Crippen LogP) is 2.72. The number of furan rings is 1. The van der Waals surface area contributed by atoms with Crippen LogP contribution in [0.5, 0.6) is 5.75 Å². The van der Waals surface area contributed by atoms with Gasteiger partial charge in [0, 0.05) is 36.1 Å². The van der Waals surface area contributed by atoms with Crippen molar-refractivity contribution in [2.45, 2.75) is 32.2 Å². The van der Waals surface area contributed by atoms with Crippen LogP contribution in [0.15, 0.2) is 28.9 Å². The number of rotatable bonds is 5. The molecule has 3 rings (SSSR count). The van der Waals surface area contributed by atoms with Crippen molar-refractivity contribution in [3.05, 3.63) is 30.0 Å². The number of hydrogen-bond donors (Lipinski definition) is 1. The van der Waals surface area contributed by atoms with Crippen LogP contribution in [-0.4, -0.2) is 49.7 Å². The molecular formula is C19H24N2O5. The summed E-state index contributed by atoms with van der Waals surface area (Å²) in [5, 5.41) is 3.97. The van der Waals surface area contributed by atoms with Gasteiger partial charge in [0.25, 0.3) is 0 Å². The van der Waals surface area contributed by atoms with Crippen LogP contribution in [0.25, 0.3) is 11.0 Å². The first-order valence-electron chi connectivity index (χ1n) is 8.86. The minimum atomic E-state index is -0.280. The van der Waals surface area contributed by atoms with Gasteiger partial charge in [0.05, 0.1) is 26.4 Å². The minimum absolute atomic E-state index is 0.0434. The molecule has 0 aliphatic carbocycles. The molecule has 0 atom stereocenters. The van der Waals surface area contributed by atoms with Crippen molar-refractivity contribution in [2.24, 2.45) is 0 Å². The summed E-state index contributed by atoms with van der Waals surface area (Å²) in [6.07, 6.45) is 3.06. The van der Waals surface area contributed by atoms with E-state index in [1.807, 2.05) is 18.2 Å². The second-order valence-electron chi connectivity index (χ2n) is 6.33. The second-order valence-corrected chi connectivity index (χ2v) is 6.33. The second kappa shape index (κ2) is 8.12. The number of benzene rings is 1. The Morgan fingerprint density at radius 2 is 2.08 bits per heavy atom. The van der Waals surface area contributed by atoms with Crippen molar-refractivity contribution in [2.75, 3.05) is 26.8 Å². The minimum Gasteiger partial charge on any atom is -0.497 e. The summed E-state index contributed by atoms with van der Waals surface area (Å²) in [7, 11) is 1.60. The maximum atomic E-state index is 12.4. The van der Waals surface area contributed by atoms with Gasteiger partial charge in [-0.3, -0.25) is 4.79 Å². The first-order chi connectivity index (χ1) is 12.6. The molecule has 0 bridgehead atoms. The van der Waals surface area contributed by atoms with Gasteiger partial charge in [-0.15, -0.1) is 0 Å². The van der Waals surface area contributed by atoms with E-state index in [9.17, 15) is 9.59 Å². The Hall–Kier alpha value is -2.70. The maximum Gasteiger partial charge on any atom is 0.409 e. The van der Waals surface area contributed by atoms with Crippen LogP contribution < -0.4 is 10.1 Å². The first kappa shape index (κ1) is 18.1. The molecule has 0 unspecified atom stereocenters. The molecule has 1 aliphatic rings. The van der Waals surface area contributed by atoms with Crippen LogP contribution in [0.3, 0.4) is 0 Å². The summed E-state index contributed by atoms with van der Waals surface area (Å²) >= 11 is 0. The van der Waals surface area contributed by atoms with Gasteiger partial charge in [0.2, 0.25) is 5.91 Å². The molecule has 1 aromatic carbocycles. The van der Waals surface area contributed by atoms with Crippen molar-refractivity contribution in [1.82, 2.24) is 10.2 Å². The van der Waals surface area contributed by atoms with E-state index in [0.717, 1.165) is 29.5 Å². The Labute approximate surface area is 152 Å². The number of piperidine rings is 1. The summed E-state index contributed by atoms with van der Waals surface area (Å²) in [6.45, 7) is 3.36. The molecule has 0 radical (unpaired) electrons. The van der Waals surface area contributed by atoms with E-state index < -0.39 is 0 Å². The predicted molar refractivity (Wildman–Crippen MR) is 96.2 cm³/mol. The van der Waals surface area contributed by atoms with Crippen molar-refractivity contribution < 1.29 is 23.5 Å². The van der Waals surface area contributed by atoms with Crippen molar-refractivity contribution in [1.29, 1.82) is 0 Å². The lowest BCUT2D eigenvalue weighted by Crippen LogP contribution is -2.47. The molecule has 2 aromatic rings. The Kier molecular flexibility index (Phi) is 5.65. The number of hydrogen-bond acceptors (Lipinski definition) is 5. The van der Waals surface area contributed by atoms with E-state index in [1.165, 1.54) is 0 Å². The van der Waals surface area contributed by atoms with E-state index in [-0.39, 0.29) is 24.5 Å². The monoisotopic (exact) mass is 360 g/mol. The Morgan fingerprint density at radius 1 is 1.31 bits per heavy atom. The number of nitrogens with zero attached hydrogens (tertiary/aromatic N) is 1. The maximum absolute atomic E-state index is 12.4. The molecule has 2 amide bonds. The molecule has 0 spiro atoms. The number of fused-ring (bicyclic) bond motifs is 1. The standard InChI is InChI=1S/C19H24N2O5/c1-3-25-19(23)21-8-6-14(7-9-21)20-18(22)10-13-12-26-17-11-15(24-2)4-5-16(13)17/h4-5,11-12,14H,3,6-10H2,1-2H3,(H,20,22). The number of likely N-dealkylation sites (tertiary alicyclic amines) is 1. The van der Waals surface area contributed by atoms with Crippen LogP contribution in [0.1, 0.15) is 25.3 Å². The summed E-state index contributed by atoms with van der Waals surface area (Å²) in [6, 6.07) is 5.64. The molecule has 1 aliphatic heterocycles. The molecule has 7 heteroatoms. The van der Waals surface area contributed by atoms with Gasteiger partial charge < -0.3 is 24.1 Å². The highest BCUT2D eigenvalue weighted by Gasteiger charge is 2.24. The average Bonchev–Trinajstić information content (AvgIpc) is 3.04. The molecule has 1 aromatic heterocycles. The lowest BCUT2D eigenvalue weighted by Gasteiger charge is -2.31. The lowest BCUT2D eigenvalue weighted by atomic mass is 10.0. The van der Waals surface area contributed by atoms with E-state index in [0.29, 0.717) is 25.3 Å². The van der Waals surface area contributed by atoms with Crippen molar-refractivity contribution >= 4 is 23.0 Å². The number of carbonyl (C=O) groups excluding carboxylic acids is 2. The third-order valence-electron chi connectivity index (χ3n) is 4.60. The third kappa shape index (κ3) is 4.09. The van der Waals surface area contributed by atoms with Crippen LogP contribution >= 0.6 is 0 Å². The van der Waals surface area contributed by atoms with Gasteiger partial charge >= 0.3 is 6.09 Å². The topological polar surface area (TPSA) is 81.0 Å².